The van der Waals surface area contributed by atoms with Gasteiger partial charge in [0.25, 0.3) is 0 Å². The first-order chi connectivity index (χ1) is 8.72. The first-order valence-corrected chi connectivity index (χ1v) is 7.42. The van der Waals surface area contributed by atoms with Crippen LogP contribution in [-0.2, 0) is 4.74 Å². The molecule has 0 fully saturated rings. The molecule has 0 aromatic heterocycles. The second-order valence-corrected chi connectivity index (χ2v) is 4.71. The third-order valence-electron chi connectivity index (χ3n) is 2.33. The SMILES string of the molecule is CCOC([SiH3])=Cc1cccc(OCC)c1OCC. The molecule has 0 radical (unpaired) electrons. The number of hydrogen-bond acceptors (Lipinski definition) is 3. The zero-order valence-corrected chi connectivity index (χ0v) is 13.7. The van der Waals surface area contributed by atoms with Crippen LogP contribution in [0.3, 0.4) is 0 Å². The molecule has 0 aliphatic carbocycles. The molecule has 1 aromatic rings. The summed E-state index contributed by atoms with van der Waals surface area (Å²) in [5.74, 6) is 1.59. The van der Waals surface area contributed by atoms with Crippen molar-refractivity contribution in [2.45, 2.75) is 20.8 Å². The van der Waals surface area contributed by atoms with Crippen molar-refractivity contribution in [1.82, 2.24) is 0 Å². The van der Waals surface area contributed by atoms with Crippen molar-refractivity contribution in [3.05, 3.63) is 29.1 Å². The van der Waals surface area contributed by atoms with E-state index in [-0.39, 0.29) is 0 Å². The Balaban J connectivity index is 3.09. The average Bonchev–Trinajstić information content (AvgIpc) is 2.34. The summed E-state index contributed by atoms with van der Waals surface area (Å²) in [4.78, 5) is 0. The Labute approximate surface area is 112 Å². The maximum absolute atomic E-state index is 5.69. The summed E-state index contributed by atoms with van der Waals surface area (Å²) >= 11 is 0. The van der Waals surface area contributed by atoms with Crippen LogP contribution in [0.4, 0.5) is 0 Å². The summed E-state index contributed by atoms with van der Waals surface area (Å²) in [5, 5.41) is 1.01. The van der Waals surface area contributed by atoms with Crippen LogP contribution in [-0.4, -0.2) is 30.1 Å². The molecule has 0 aliphatic rings. The maximum atomic E-state index is 5.69. The Kier molecular flexibility index (Phi) is 6.36. The number of para-hydroxylation sites is 1. The van der Waals surface area contributed by atoms with Gasteiger partial charge in [-0.15, -0.1) is 0 Å². The minimum absolute atomic E-state index is 0.621. The fourth-order valence-corrected chi connectivity index (χ4v) is 2.30. The molecule has 0 amide bonds. The highest BCUT2D eigenvalue weighted by Crippen LogP contribution is 2.32. The molecule has 0 bridgehead atoms. The lowest BCUT2D eigenvalue weighted by Crippen LogP contribution is -2.00. The topological polar surface area (TPSA) is 27.7 Å². The summed E-state index contributed by atoms with van der Waals surface area (Å²) in [5.41, 5.74) is 1.02. The minimum atomic E-state index is 0.621. The predicted molar refractivity (Wildman–Crippen MR) is 78.3 cm³/mol. The summed E-state index contributed by atoms with van der Waals surface area (Å²) in [7, 11) is 0.879. The van der Waals surface area contributed by atoms with Gasteiger partial charge >= 0.3 is 0 Å². The number of rotatable bonds is 7. The molecular formula is C14H22O3Si. The molecule has 0 N–H and O–H groups in total. The van der Waals surface area contributed by atoms with Gasteiger partial charge in [-0.3, -0.25) is 0 Å². The average molecular weight is 266 g/mol. The van der Waals surface area contributed by atoms with Crippen LogP contribution in [0, 0.1) is 0 Å². The Hall–Kier alpha value is -1.42. The van der Waals surface area contributed by atoms with Gasteiger partial charge in [-0.1, -0.05) is 12.1 Å². The highest BCUT2D eigenvalue weighted by molar-refractivity contribution is 6.22. The third-order valence-corrected chi connectivity index (χ3v) is 2.91. The Morgan fingerprint density at radius 2 is 1.83 bits per heavy atom. The van der Waals surface area contributed by atoms with Gasteiger partial charge in [-0.05, 0) is 32.9 Å². The minimum Gasteiger partial charge on any atom is -0.504 e. The summed E-state index contributed by atoms with van der Waals surface area (Å²) in [6.07, 6.45) is 2.03. The van der Waals surface area contributed by atoms with Gasteiger partial charge in [-0.2, -0.15) is 0 Å². The molecule has 0 unspecified atom stereocenters. The van der Waals surface area contributed by atoms with E-state index in [4.69, 9.17) is 14.2 Å². The van der Waals surface area contributed by atoms with Crippen molar-refractivity contribution in [1.29, 1.82) is 0 Å². The zero-order chi connectivity index (χ0) is 13.4. The van der Waals surface area contributed by atoms with Gasteiger partial charge in [0, 0.05) is 5.56 Å². The van der Waals surface area contributed by atoms with Crippen LogP contribution in [0.25, 0.3) is 6.08 Å². The second kappa shape index (κ2) is 7.82. The molecule has 0 heterocycles. The van der Waals surface area contributed by atoms with Crippen LogP contribution in [0.2, 0.25) is 0 Å². The largest absolute Gasteiger partial charge is 0.504 e. The molecule has 100 valence electrons. The van der Waals surface area contributed by atoms with Crippen molar-refractivity contribution < 1.29 is 14.2 Å². The molecular weight excluding hydrogens is 244 g/mol. The van der Waals surface area contributed by atoms with Crippen molar-refractivity contribution in [2.75, 3.05) is 19.8 Å². The lowest BCUT2D eigenvalue weighted by Gasteiger charge is -2.14. The monoisotopic (exact) mass is 266 g/mol. The van der Waals surface area contributed by atoms with Crippen molar-refractivity contribution in [3.8, 4) is 11.5 Å². The molecule has 0 spiro atoms. The van der Waals surface area contributed by atoms with Crippen LogP contribution in [0.1, 0.15) is 26.3 Å². The molecule has 4 heteroatoms. The standard InChI is InChI=1S/C14H22O3Si/c1-4-15-12-9-7-8-11(14(12)17-6-3)10-13(18)16-5-2/h7-10H,4-6H2,1-3,18H3. The molecule has 18 heavy (non-hydrogen) atoms. The van der Waals surface area contributed by atoms with Crippen LogP contribution in [0.15, 0.2) is 23.6 Å². The van der Waals surface area contributed by atoms with Crippen LogP contribution < -0.4 is 9.47 Å². The molecule has 0 saturated heterocycles. The second-order valence-electron chi connectivity index (χ2n) is 3.73. The fourth-order valence-electron chi connectivity index (χ4n) is 1.70. The maximum Gasteiger partial charge on any atom is 0.168 e. The molecule has 0 atom stereocenters. The molecule has 1 rings (SSSR count). The summed E-state index contributed by atoms with van der Waals surface area (Å²) < 4.78 is 16.8. The lowest BCUT2D eigenvalue weighted by molar-refractivity contribution is 0.257. The van der Waals surface area contributed by atoms with Gasteiger partial charge in [0.15, 0.2) is 11.5 Å². The quantitative estimate of drug-likeness (QED) is 0.559. The van der Waals surface area contributed by atoms with Crippen molar-refractivity contribution in [2.24, 2.45) is 0 Å². The number of ether oxygens (including phenoxy) is 3. The number of benzene rings is 1. The Morgan fingerprint density at radius 1 is 1.11 bits per heavy atom. The van der Waals surface area contributed by atoms with E-state index in [1.165, 1.54) is 0 Å². The van der Waals surface area contributed by atoms with E-state index in [1.54, 1.807) is 0 Å². The normalized spacial score (nSPS) is 11.4. The van der Waals surface area contributed by atoms with E-state index < -0.39 is 0 Å². The lowest BCUT2D eigenvalue weighted by atomic mass is 10.2. The van der Waals surface area contributed by atoms with Crippen molar-refractivity contribution in [3.63, 3.8) is 0 Å². The Morgan fingerprint density at radius 3 is 2.44 bits per heavy atom. The first kappa shape index (κ1) is 14.6. The smallest absolute Gasteiger partial charge is 0.168 e. The molecule has 1 aromatic carbocycles. The zero-order valence-electron chi connectivity index (χ0n) is 11.7. The van der Waals surface area contributed by atoms with Crippen LogP contribution in [0.5, 0.6) is 11.5 Å². The highest BCUT2D eigenvalue weighted by atomic mass is 28.1. The number of hydrogen-bond donors (Lipinski definition) is 0. The van der Waals surface area contributed by atoms with E-state index >= 15 is 0 Å². The van der Waals surface area contributed by atoms with E-state index in [2.05, 4.69) is 0 Å². The van der Waals surface area contributed by atoms with Crippen LogP contribution >= 0.6 is 0 Å². The van der Waals surface area contributed by atoms with E-state index in [0.717, 1.165) is 32.7 Å². The van der Waals surface area contributed by atoms with Crippen molar-refractivity contribution >= 4 is 16.3 Å². The van der Waals surface area contributed by atoms with Gasteiger partial charge in [-0.25, -0.2) is 0 Å². The molecule has 0 aliphatic heterocycles. The summed E-state index contributed by atoms with van der Waals surface area (Å²) in [6.45, 7) is 7.88. The van der Waals surface area contributed by atoms with Gasteiger partial charge in [0.05, 0.1) is 35.4 Å². The van der Waals surface area contributed by atoms with E-state index in [1.807, 2.05) is 45.0 Å². The fraction of sp³-hybridized carbons (Fsp3) is 0.429. The Bertz CT molecular complexity index is 402. The van der Waals surface area contributed by atoms with E-state index in [9.17, 15) is 0 Å². The predicted octanol–water partition coefficient (Wildman–Crippen LogP) is 2.18. The highest BCUT2D eigenvalue weighted by Gasteiger charge is 2.09. The van der Waals surface area contributed by atoms with E-state index in [0.29, 0.717) is 19.8 Å². The molecule has 0 saturated carbocycles. The summed E-state index contributed by atoms with van der Waals surface area (Å²) in [6, 6.07) is 5.92. The van der Waals surface area contributed by atoms with Gasteiger partial charge in [0.2, 0.25) is 0 Å². The first-order valence-electron chi connectivity index (χ1n) is 6.42. The van der Waals surface area contributed by atoms with Gasteiger partial charge in [0.1, 0.15) is 0 Å². The van der Waals surface area contributed by atoms with Gasteiger partial charge < -0.3 is 14.2 Å². The molecule has 3 nitrogen and oxygen atoms in total. The third kappa shape index (κ3) is 4.11.